The van der Waals surface area contributed by atoms with Crippen LogP contribution in [0.5, 0.6) is 0 Å². The summed E-state index contributed by atoms with van der Waals surface area (Å²) in [4.78, 5) is 2.80. The summed E-state index contributed by atoms with van der Waals surface area (Å²) in [6.45, 7) is 0. The van der Waals surface area contributed by atoms with Gasteiger partial charge in [0, 0.05) is 16.2 Å². The molecule has 0 bridgehead atoms. The lowest BCUT2D eigenvalue weighted by atomic mass is 10.1. The minimum Gasteiger partial charge on any atom is -0.351 e. The summed E-state index contributed by atoms with van der Waals surface area (Å²) in [7, 11) is 0. The van der Waals surface area contributed by atoms with Crippen LogP contribution in [0.1, 0.15) is 5.69 Å². The average Bonchev–Trinajstić information content (AvgIpc) is 2.94. The van der Waals surface area contributed by atoms with Crippen LogP contribution in [0.25, 0.3) is 16.9 Å². The zero-order valence-corrected chi connectivity index (χ0v) is 13.8. The predicted molar refractivity (Wildman–Crippen MR) is 86.9 cm³/mol. The van der Waals surface area contributed by atoms with Gasteiger partial charge in [-0.1, -0.05) is 40.3 Å². The molecule has 2 aromatic heterocycles. The molecule has 0 radical (unpaired) electrons. The number of hydrogen-bond donors (Lipinski definition) is 1. The molecule has 8 heteroatoms. The highest BCUT2D eigenvalue weighted by molar-refractivity contribution is 9.10. The second-order valence-corrected chi connectivity index (χ2v) is 6.10. The Hall–Kier alpha value is -1.93. The Balaban J connectivity index is 2.20. The first-order valence-corrected chi connectivity index (χ1v) is 7.67. The van der Waals surface area contributed by atoms with E-state index in [-0.39, 0.29) is 0 Å². The van der Waals surface area contributed by atoms with Gasteiger partial charge in [0.2, 0.25) is 0 Å². The summed E-state index contributed by atoms with van der Waals surface area (Å²) in [6, 6.07) is 11.2. The molecule has 0 atom stereocenters. The Morgan fingerprint density at radius 1 is 1.09 bits per heavy atom. The topological polar surface area (TPSA) is 33.6 Å². The molecule has 0 aliphatic heterocycles. The standard InChI is InChI=1S/C15H9BrF3N3S/c16-10-3-1-9(2-4-10)12-7-13(15(17,18)19)21-22(12)11-5-6-14(23)20-8-11/h1-8H,(H,20,23). The van der Waals surface area contributed by atoms with Gasteiger partial charge in [-0.05, 0) is 30.3 Å². The number of halogens is 4. The fourth-order valence-corrected chi connectivity index (χ4v) is 2.47. The summed E-state index contributed by atoms with van der Waals surface area (Å²) in [5.74, 6) is 0. The van der Waals surface area contributed by atoms with Crippen LogP contribution >= 0.6 is 28.1 Å². The molecule has 3 rings (SSSR count). The fourth-order valence-electron chi connectivity index (χ4n) is 2.08. The number of aromatic nitrogens is 3. The molecule has 0 saturated carbocycles. The molecule has 3 aromatic rings. The molecule has 0 fully saturated rings. The van der Waals surface area contributed by atoms with Crippen LogP contribution in [0.2, 0.25) is 0 Å². The van der Waals surface area contributed by atoms with E-state index in [4.69, 9.17) is 12.2 Å². The number of nitrogens with one attached hydrogen (secondary N) is 1. The molecule has 2 heterocycles. The van der Waals surface area contributed by atoms with Crippen molar-refractivity contribution in [2.75, 3.05) is 0 Å². The van der Waals surface area contributed by atoms with Gasteiger partial charge in [0.25, 0.3) is 0 Å². The van der Waals surface area contributed by atoms with E-state index in [0.717, 1.165) is 10.5 Å². The molecule has 0 amide bonds. The van der Waals surface area contributed by atoms with Crippen LogP contribution in [0, 0.1) is 4.64 Å². The summed E-state index contributed by atoms with van der Waals surface area (Å²) in [5, 5.41) is 3.71. The largest absolute Gasteiger partial charge is 0.435 e. The van der Waals surface area contributed by atoms with Gasteiger partial charge in [0.15, 0.2) is 5.69 Å². The number of rotatable bonds is 2. The number of benzene rings is 1. The van der Waals surface area contributed by atoms with Crippen LogP contribution in [-0.4, -0.2) is 14.8 Å². The van der Waals surface area contributed by atoms with Gasteiger partial charge in [-0.3, -0.25) is 0 Å². The molecule has 0 unspecified atom stereocenters. The van der Waals surface area contributed by atoms with Crippen molar-refractivity contribution in [3.8, 4) is 16.9 Å². The smallest absolute Gasteiger partial charge is 0.351 e. The number of hydrogen-bond acceptors (Lipinski definition) is 2. The minimum atomic E-state index is -4.52. The van der Waals surface area contributed by atoms with E-state index in [0.29, 0.717) is 21.6 Å². The predicted octanol–water partition coefficient (Wildman–Crippen LogP) is 5.38. The molecule has 3 nitrogen and oxygen atoms in total. The van der Waals surface area contributed by atoms with Gasteiger partial charge in [0.1, 0.15) is 4.64 Å². The van der Waals surface area contributed by atoms with Crippen LogP contribution in [-0.2, 0) is 6.18 Å². The summed E-state index contributed by atoms with van der Waals surface area (Å²) >= 11 is 8.26. The van der Waals surface area contributed by atoms with E-state index in [1.165, 1.54) is 10.9 Å². The van der Waals surface area contributed by atoms with Gasteiger partial charge in [-0.25, -0.2) is 4.68 Å². The lowest BCUT2D eigenvalue weighted by molar-refractivity contribution is -0.141. The zero-order chi connectivity index (χ0) is 16.6. The monoisotopic (exact) mass is 399 g/mol. The lowest BCUT2D eigenvalue weighted by Gasteiger charge is -2.07. The quantitative estimate of drug-likeness (QED) is 0.587. The van der Waals surface area contributed by atoms with Gasteiger partial charge in [0.05, 0.1) is 11.4 Å². The van der Waals surface area contributed by atoms with Crippen LogP contribution < -0.4 is 0 Å². The van der Waals surface area contributed by atoms with E-state index < -0.39 is 11.9 Å². The molecule has 0 spiro atoms. The maximum Gasteiger partial charge on any atom is 0.435 e. The molecular formula is C15H9BrF3N3S. The molecule has 23 heavy (non-hydrogen) atoms. The number of alkyl halides is 3. The number of H-pyrrole nitrogens is 1. The first-order valence-electron chi connectivity index (χ1n) is 6.47. The lowest BCUT2D eigenvalue weighted by Crippen LogP contribution is -2.07. The molecule has 0 aliphatic carbocycles. The third kappa shape index (κ3) is 3.37. The third-order valence-electron chi connectivity index (χ3n) is 3.15. The normalized spacial score (nSPS) is 11.7. The van der Waals surface area contributed by atoms with Crippen LogP contribution in [0.4, 0.5) is 13.2 Å². The second-order valence-electron chi connectivity index (χ2n) is 4.74. The third-order valence-corrected chi connectivity index (χ3v) is 3.93. The zero-order valence-electron chi connectivity index (χ0n) is 11.4. The van der Waals surface area contributed by atoms with Gasteiger partial charge < -0.3 is 4.98 Å². The summed E-state index contributed by atoms with van der Waals surface area (Å²) in [5.41, 5.74) is 0.485. The van der Waals surface area contributed by atoms with Crippen molar-refractivity contribution in [2.24, 2.45) is 0 Å². The molecule has 0 saturated heterocycles. The highest BCUT2D eigenvalue weighted by atomic mass is 79.9. The Morgan fingerprint density at radius 2 is 1.78 bits per heavy atom. The highest BCUT2D eigenvalue weighted by Gasteiger charge is 2.35. The Bertz CT molecular complexity index is 877. The first kappa shape index (κ1) is 15.9. The number of nitrogens with zero attached hydrogens (tertiary/aromatic N) is 2. The minimum absolute atomic E-state index is 0.343. The van der Waals surface area contributed by atoms with Crippen LogP contribution in [0.3, 0.4) is 0 Å². The van der Waals surface area contributed by atoms with Crippen LogP contribution in [0.15, 0.2) is 53.1 Å². The van der Waals surface area contributed by atoms with Crippen molar-refractivity contribution >= 4 is 28.1 Å². The van der Waals surface area contributed by atoms with E-state index >= 15 is 0 Å². The molecule has 0 aliphatic rings. The number of pyridine rings is 1. The SMILES string of the molecule is FC(F)(F)c1cc(-c2ccc(Br)cc2)n(-c2ccc(=S)[nH]c2)n1. The summed E-state index contributed by atoms with van der Waals surface area (Å²) in [6.07, 6.45) is -2.99. The van der Waals surface area contributed by atoms with Gasteiger partial charge in [-0.15, -0.1) is 0 Å². The van der Waals surface area contributed by atoms with E-state index in [1.807, 2.05) is 0 Å². The van der Waals surface area contributed by atoms with E-state index in [9.17, 15) is 13.2 Å². The maximum absolute atomic E-state index is 13.0. The first-order chi connectivity index (χ1) is 10.8. The van der Waals surface area contributed by atoms with Crippen molar-refractivity contribution in [3.63, 3.8) is 0 Å². The molecule has 118 valence electrons. The van der Waals surface area contributed by atoms with Crippen molar-refractivity contribution in [1.82, 2.24) is 14.8 Å². The van der Waals surface area contributed by atoms with Gasteiger partial charge >= 0.3 is 6.18 Å². The Kier molecular flexibility index (Phi) is 4.11. The Morgan fingerprint density at radius 3 is 2.35 bits per heavy atom. The molecular weight excluding hydrogens is 391 g/mol. The highest BCUT2D eigenvalue weighted by Crippen LogP contribution is 2.33. The summed E-state index contributed by atoms with van der Waals surface area (Å²) < 4.78 is 41.7. The fraction of sp³-hybridized carbons (Fsp3) is 0.0667. The second kappa shape index (κ2) is 5.93. The van der Waals surface area contributed by atoms with Crippen molar-refractivity contribution in [2.45, 2.75) is 6.18 Å². The van der Waals surface area contributed by atoms with Crippen molar-refractivity contribution < 1.29 is 13.2 Å². The van der Waals surface area contributed by atoms with E-state index in [2.05, 4.69) is 26.0 Å². The maximum atomic E-state index is 13.0. The van der Waals surface area contributed by atoms with Crippen molar-refractivity contribution in [3.05, 3.63) is 63.5 Å². The average molecular weight is 400 g/mol. The molecule has 1 N–H and O–H groups in total. The Labute approximate surface area is 142 Å². The number of aromatic amines is 1. The van der Waals surface area contributed by atoms with Gasteiger partial charge in [-0.2, -0.15) is 18.3 Å². The van der Waals surface area contributed by atoms with Crippen molar-refractivity contribution in [1.29, 1.82) is 0 Å². The van der Waals surface area contributed by atoms with E-state index in [1.54, 1.807) is 36.4 Å². The molecule has 1 aromatic carbocycles.